The van der Waals surface area contributed by atoms with Crippen LogP contribution in [0.3, 0.4) is 0 Å². The Labute approximate surface area is 146 Å². The molecule has 2 rings (SSSR count). The van der Waals surface area contributed by atoms with E-state index in [4.69, 9.17) is 0 Å². The summed E-state index contributed by atoms with van der Waals surface area (Å²) in [6.45, 7) is 0. The molecule has 132 valence electrons. The van der Waals surface area contributed by atoms with E-state index < -0.39 is 22.9 Å². The first kappa shape index (κ1) is 18.9. The summed E-state index contributed by atoms with van der Waals surface area (Å²) in [7, 11) is 1.24. The van der Waals surface area contributed by atoms with Crippen molar-refractivity contribution >= 4 is 28.7 Å². The first-order valence-corrected chi connectivity index (χ1v) is 8.07. The maximum Gasteiger partial charge on any atom is 0.416 e. The second-order valence-corrected chi connectivity index (χ2v) is 5.88. The van der Waals surface area contributed by atoms with E-state index in [1.165, 1.54) is 25.3 Å². The van der Waals surface area contributed by atoms with Crippen molar-refractivity contribution in [2.45, 2.75) is 11.9 Å². The molecule has 2 aromatic carbocycles. The zero-order valence-corrected chi connectivity index (χ0v) is 13.9. The lowest BCUT2D eigenvalue weighted by atomic mass is 10.1. The molecule has 0 saturated carbocycles. The van der Waals surface area contributed by atoms with Crippen LogP contribution in [0.2, 0.25) is 0 Å². The molecular weight excluding hydrogens is 355 g/mol. The third kappa shape index (κ3) is 5.25. The average molecular weight is 369 g/mol. The number of nitrogens with one attached hydrogen (secondary N) is 1. The molecule has 0 unspecified atom stereocenters. The van der Waals surface area contributed by atoms with E-state index in [0.29, 0.717) is 11.3 Å². The van der Waals surface area contributed by atoms with Gasteiger partial charge < -0.3 is 10.1 Å². The third-order valence-electron chi connectivity index (χ3n) is 3.22. The highest BCUT2D eigenvalue weighted by atomic mass is 32.2. The van der Waals surface area contributed by atoms with Gasteiger partial charge in [-0.05, 0) is 29.8 Å². The van der Waals surface area contributed by atoms with Crippen LogP contribution < -0.4 is 5.32 Å². The van der Waals surface area contributed by atoms with Gasteiger partial charge in [0.05, 0.1) is 23.9 Å². The van der Waals surface area contributed by atoms with Crippen molar-refractivity contribution in [3.05, 3.63) is 65.2 Å². The lowest BCUT2D eigenvalue weighted by molar-refractivity contribution is -0.137. The fraction of sp³-hybridized carbons (Fsp3) is 0.176. The topological polar surface area (TPSA) is 55.4 Å². The molecule has 0 aliphatic carbocycles. The van der Waals surface area contributed by atoms with Gasteiger partial charge in [-0.15, -0.1) is 0 Å². The van der Waals surface area contributed by atoms with E-state index in [9.17, 15) is 22.8 Å². The highest BCUT2D eigenvalue weighted by molar-refractivity contribution is 8.13. The molecule has 0 spiro atoms. The molecule has 25 heavy (non-hydrogen) atoms. The van der Waals surface area contributed by atoms with Gasteiger partial charge in [0.2, 0.25) is 0 Å². The fourth-order valence-corrected chi connectivity index (χ4v) is 2.64. The van der Waals surface area contributed by atoms with Crippen LogP contribution >= 0.6 is 11.8 Å². The molecule has 1 amide bonds. The number of hydrogen-bond acceptors (Lipinski definition) is 4. The summed E-state index contributed by atoms with van der Waals surface area (Å²) in [5.41, 5.74) is 0.361. The molecule has 0 radical (unpaired) electrons. The van der Waals surface area contributed by atoms with Crippen LogP contribution in [-0.2, 0) is 16.7 Å². The van der Waals surface area contributed by atoms with Crippen LogP contribution in [0.5, 0.6) is 0 Å². The molecule has 0 aromatic heterocycles. The molecule has 8 heteroatoms. The van der Waals surface area contributed by atoms with E-state index in [-0.39, 0.29) is 11.3 Å². The minimum atomic E-state index is -4.39. The molecule has 0 atom stereocenters. The van der Waals surface area contributed by atoms with E-state index in [1.807, 2.05) is 0 Å². The number of anilines is 1. The van der Waals surface area contributed by atoms with Crippen molar-refractivity contribution in [3.8, 4) is 0 Å². The summed E-state index contributed by atoms with van der Waals surface area (Å²) < 4.78 is 42.1. The number of thioether (sulfide) groups is 1. The molecular formula is C17H14F3NO3S. The number of alkyl halides is 3. The normalized spacial score (nSPS) is 11.0. The number of halogens is 3. The Kier molecular flexibility index (Phi) is 6.08. The number of methoxy groups -OCH3 is 1. The van der Waals surface area contributed by atoms with Gasteiger partial charge in [-0.25, -0.2) is 4.79 Å². The van der Waals surface area contributed by atoms with Crippen molar-refractivity contribution in [2.75, 3.05) is 12.4 Å². The first-order valence-electron chi connectivity index (χ1n) is 7.08. The molecule has 0 bridgehead atoms. The van der Waals surface area contributed by atoms with Crippen LogP contribution in [0.1, 0.15) is 21.5 Å². The third-order valence-corrected chi connectivity index (χ3v) is 4.06. The summed E-state index contributed by atoms with van der Waals surface area (Å²) in [6.07, 6.45) is -4.39. The standard InChI is InChI=1S/C17H14F3NO3S/c1-24-15(22)13-4-2-3-5-14(13)21-16(23)25-10-11-6-8-12(9-7-11)17(18,19)20/h2-9H,10H2,1H3,(H,21,23). The van der Waals surface area contributed by atoms with Gasteiger partial charge in [0, 0.05) is 5.75 Å². The first-order chi connectivity index (χ1) is 11.8. The minimum Gasteiger partial charge on any atom is -0.465 e. The Hall–Kier alpha value is -2.48. The predicted octanol–water partition coefficient (Wildman–Crippen LogP) is 4.96. The van der Waals surface area contributed by atoms with E-state index in [2.05, 4.69) is 10.1 Å². The smallest absolute Gasteiger partial charge is 0.416 e. The molecule has 0 aliphatic rings. The monoisotopic (exact) mass is 369 g/mol. The Morgan fingerprint density at radius 3 is 2.32 bits per heavy atom. The largest absolute Gasteiger partial charge is 0.465 e. The van der Waals surface area contributed by atoms with E-state index >= 15 is 0 Å². The summed E-state index contributed by atoms with van der Waals surface area (Å²) in [5.74, 6) is -0.381. The number of ether oxygens (including phenoxy) is 1. The van der Waals surface area contributed by atoms with Crippen molar-refractivity contribution in [3.63, 3.8) is 0 Å². The molecule has 0 fully saturated rings. The van der Waals surface area contributed by atoms with Gasteiger partial charge in [-0.2, -0.15) is 13.2 Å². The molecule has 1 N–H and O–H groups in total. The lowest BCUT2D eigenvalue weighted by Gasteiger charge is -2.10. The van der Waals surface area contributed by atoms with Gasteiger partial charge >= 0.3 is 12.1 Å². The second-order valence-electron chi connectivity index (χ2n) is 4.93. The van der Waals surface area contributed by atoms with Gasteiger partial charge in [0.1, 0.15) is 0 Å². The average Bonchev–Trinajstić information content (AvgIpc) is 2.59. The Morgan fingerprint density at radius 1 is 1.08 bits per heavy atom. The van der Waals surface area contributed by atoms with E-state index in [1.54, 1.807) is 18.2 Å². The Bertz CT molecular complexity index is 760. The highest BCUT2D eigenvalue weighted by Crippen LogP contribution is 2.29. The number of carbonyl (C=O) groups is 2. The summed E-state index contributed by atoms with van der Waals surface area (Å²) in [4.78, 5) is 23.6. The Morgan fingerprint density at radius 2 is 1.72 bits per heavy atom. The summed E-state index contributed by atoms with van der Waals surface area (Å²) >= 11 is 0.882. The second kappa shape index (κ2) is 8.06. The maximum atomic E-state index is 12.5. The van der Waals surface area contributed by atoms with Crippen LogP contribution in [0.15, 0.2) is 48.5 Å². The van der Waals surface area contributed by atoms with Crippen molar-refractivity contribution in [1.29, 1.82) is 0 Å². The van der Waals surface area contributed by atoms with Gasteiger partial charge in [0.15, 0.2) is 0 Å². The van der Waals surface area contributed by atoms with Crippen molar-refractivity contribution in [1.82, 2.24) is 0 Å². The minimum absolute atomic E-state index is 0.199. The lowest BCUT2D eigenvalue weighted by Crippen LogP contribution is -2.11. The van der Waals surface area contributed by atoms with Gasteiger partial charge in [0.25, 0.3) is 5.24 Å². The molecule has 0 aliphatic heterocycles. The number of hydrogen-bond donors (Lipinski definition) is 1. The maximum absolute atomic E-state index is 12.5. The fourth-order valence-electron chi connectivity index (χ4n) is 1.96. The zero-order valence-electron chi connectivity index (χ0n) is 13.1. The van der Waals surface area contributed by atoms with Crippen molar-refractivity contribution < 1.29 is 27.5 Å². The molecule has 4 nitrogen and oxygen atoms in total. The quantitative estimate of drug-likeness (QED) is 0.774. The Balaban J connectivity index is 1.97. The summed E-state index contributed by atoms with van der Waals surface area (Å²) in [5, 5.41) is 2.14. The van der Waals surface area contributed by atoms with Gasteiger partial charge in [-0.3, -0.25) is 4.79 Å². The number of rotatable bonds is 4. The van der Waals surface area contributed by atoms with Gasteiger partial charge in [-0.1, -0.05) is 36.0 Å². The van der Waals surface area contributed by atoms with Crippen molar-refractivity contribution in [2.24, 2.45) is 0 Å². The number of esters is 1. The van der Waals surface area contributed by atoms with Crippen LogP contribution in [0.4, 0.5) is 23.7 Å². The highest BCUT2D eigenvalue weighted by Gasteiger charge is 2.29. The van der Waals surface area contributed by atoms with Crippen LogP contribution in [0, 0.1) is 0 Å². The molecule has 0 heterocycles. The SMILES string of the molecule is COC(=O)c1ccccc1NC(=O)SCc1ccc(C(F)(F)F)cc1. The van der Waals surface area contributed by atoms with Crippen LogP contribution in [-0.4, -0.2) is 18.3 Å². The number of carbonyl (C=O) groups excluding carboxylic acids is 2. The number of benzene rings is 2. The molecule has 0 saturated heterocycles. The molecule has 2 aromatic rings. The summed E-state index contributed by atoms with van der Waals surface area (Å²) in [6, 6.07) is 11.0. The zero-order chi connectivity index (χ0) is 18.4. The predicted molar refractivity (Wildman–Crippen MR) is 89.5 cm³/mol. The number of amides is 1. The van der Waals surface area contributed by atoms with Crippen LogP contribution in [0.25, 0.3) is 0 Å². The van der Waals surface area contributed by atoms with E-state index in [0.717, 1.165) is 23.9 Å². The number of para-hydroxylation sites is 1.